The van der Waals surface area contributed by atoms with Crippen molar-refractivity contribution in [3.8, 4) is 0 Å². The Kier molecular flexibility index (Phi) is 7.91. The number of fused-ring (bicyclic) bond motifs is 1. The maximum Gasteiger partial charge on any atom is 0.333 e. The second-order valence-electron chi connectivity index (χ2n) is 7.34. The topological polar surface area (TPSA) is 105 Å². The molecule has 0 saturated heterocycles. The fourth-order valence-electron chi connectivity index (χ4n) is 3.25. The summed E-state index contributed by atoms with van der Waals surface area (Å²) in [5, 5.41) is 7.67. The van der Waals surface area contributed by atoms with Gasteiger partial charge in [-0.2, -0.15) is 5.10 Å². The minimum atomic E-state index is -0.626. The van der Waals surface area contributed by atoms with E-state index < -0.39 is 11.9 Å². The van der Waals surface area contributed by atoms with Crippen molar-refractivity contribution in [3.63, 3.8) is 0 Å². The Labute approximate surface area is 184 Å². The Bertz CT molecular complexity index is 1140. The number of carbonyl (C=O) groups is 2. The molecule has 3 amide bonds. The molecule has 0 radical (unpaired) electrons. The van der Waals surface area contributed by atoms with Gasteiger partial charge in [0.1, 0.15) is 5.82 Å². The molecule has 3 aromatic rings. The van der Waals surface area contributed by atoms with Gasteiger partial charge in [-0.05, 0) is 36.6 Å². The number of nitrogens with zero attached hydrogens (tertiary/aromatic N) is 2. The molecular formula is C23H26FN5O3. The molecule has 168 valence electrons. The van der Waals surface area contributed by atoms with E-state index in [1.807, 2.05) is 0 Å². The lowest BCUT2D eigenvalue weighted by atomic mass is 10.1. The van der Waals surface area contributed by atoms with Crippen LogP contribution in [-0.4, -0.2) is 28.3 Å². The number of hydrogen-bond donors (Lipinski definition) is 3. The fourth-order valence-corrected chi connectivity index (χ4v) is 3.25. The minimum absolute atomic E-state index is 0.0586. The molecule has 0 aliphatic rings. The fraction of sp³-hybridized carbons (Fsp3) is 0.304. The van der Waals surface area contributed by atoms with Crippen molar-refractivity contribution in [3.05, 3.63) is 76.0 Å². The summed E-state index contributed by atoms with van der Waals surface area (Å²) < 4.78 is 14.2. The summed E-state index contributed by atoms with van der Waals surface area (Å²) in [5.41, 5.74) is 5.30. The quantitative estimate of drug-likeness (QED) is 0.371. The summed E-state index contributed by atoms with van der Waals surface area (Å²) in [4.78, 5) is 37.4. The summed E-state index contributed by atoms with van der Waals surface area (Å²) in [6.07, 6.45) is 3.23. The van der Waals surface area contributed by atoms with Gasteiger partial charge < -0.3 is 5.32 Å². The summed E-state index contributed by atoms with van der Waals surface area (Å²) in [7, 11) is 0. The normalized spacial score (nSPS) is 10.7. The highest BCUT2D eigenvalue weighted by molar-refractivity contribution is 6.05. The van der Waals surface area contributed by atoms with Crippen LogP contribution in [0.4, 0.5) is 9.18 Å². The van der Waals surface area contributed by atoms with E-state index in [9.17, 15) is 18.8 Å². The summed E-state index contributed by atoms with van der Waals surface area (Å²) in [6, 6.07) is 12.2. The molecule has 0 unspecified atom stereocenters. The Morgan fingerprint density at radius 2 is 1.72 bits per heavy atom. The number of aromatic nitrogens is 2. The van der Waals surface area contributed by atoms with Crippen LogP contribution >= 0.6 is 0 Å². The van der Waals surface area contributed by atoms with E-state index in [-0.39, 0.29) is 17.1 Å². The first-order valence-electron chi connectivity index (χ1n) is 10.6. The van der Waals surface area contributed by atoms with Gasteiger partial charge in [0.2, 0.25) is 0 Å². The smallest absolute Gasteiger partial charge is 0.333 e. The zero-order chi connectivity index (χ0) is 22.9. The monoisotopic (exact) mass is 439 g/mol. The maximum absolute atomic E-state index is 12.9. The minimum Gasteiger partial charge on any atom is -0.336 e. The van der Waals surface area contributed by atoms with Gasteiger partial charge in [0, 0.05) is 18.5 Å². The largest absolute Gasteiger partial charge is 0.336 e. The van der Waals surface area contributed by atoms with Gasteiger partial charge >= 0.3 is 6.03 Å². The van der Waals surface area contributed by atoms with Gasteiger partial charge in [-0.15, -0.1) is 0 Å². The van der Waals surface area contributed by atoms with E-state index in [0.29, 0.717) is 30.3 Å². The molecule has 0 atom stereocenters. The third kappa shape index (κ3) is 5.90. The molecule has 0 aliphatic heterocycles. The second-order valence-corrected chi connectivity index (χ2v) is 7.34. The number of urea groups is 1. The maximum atomic E-state index is 12.9. The molecule has 8 nitrogen and oxygen atoms in total. The first kappa shape index (κ1) is 22.9. The number of rotatable bonds is 8. The number of halogens is 1. The average molecular weight is 439 g/mol. The van der Waals surface area contributed by atoms with Crippen LogP contribution in [0.5, 0.6) is 0 Å². The van der Waals surface area contributed by atoms with Gasteiger partial charge in [-0.1, -0.05) is 50.1 Å². The molecule has 0 saturated carbocycles. The van der Waals surface area contributed by atoms with E-state index in [4.69, 9.17) is 0 Å². The van der Waals surface area contributed by atoms with Crippen LogP contribution in [0.2, 0.25) is 0 Å². The Hall–Kier alpha value is -3.75. The van der Waals surface area contributed by atoms with Crippen molar-refractivity contribution >= 4 is 22.7 Å². The zero-order valence-corrected chi connectivity index (χ0v) is 17.9. The summed E-state index contributed by atoms with van der Waals surface area (Å²) >= 11 is 0. The molecule has 0 fully saturated rings. The predicted molar refractivity (Wildman–Crippen MR) is 120 cm³/mol. The SMILES string of the molecule is CCCCCn1nc(C(=O)NNC(=O)NCCc2ccc(F)cc2)c2ccccc2c1=O. The Morgan fingerprint density at radius 1 is 1.00 bits per heavy atom. The van der Waals surface area contributed by atoms with Crippen molar-refractivity contribution in [1.82, 2.24) is 25.9 Å². The van der Waals surface area contributed by atoms with Crippen LogP contribution in [-0.2, 0) is 13.0 Å². The number of hydrogen-bond acceptors (Lipinski definition) is 4. The second kappa shape index (κ2) is 11.0. The summed E-state index contributed by atoms with van der Waals surface area (Å²) in [5.74, 6) is -0.945. The van der Waals surface area contributed by atoms with Gasteiger partial charge in [-0.3, -0.25) is 15.0 Å². The van der Waals surface area contributed by atoms with Crippen LogP contribution in [0.25, 0.3) is 10.8 Å². The predicted octanol–water partition coefficient (Wildman–Crippen LogP) is 2.91. The highest BCUT2D eigenvalue weighted by Crippen LogP contribution is 2.13. The molecule has 1 heterocycles. The lowest BCUT2D eigenvalue weighted by Gasteiger charge is -2.12. The third-order valence-electron chi connectivity index (χ3n) is 4.96. The van der Waals surface area contributed by atoms with Crippen LogP contribution in [0.3, 0.4) is 0 Å². The molecule has 0 spiro atoms. The number of unbranched alkanes of at least 4 members (excludes halogenated alkanes) is 2. The van der Waals surface area contributed by atoms with Gasteiger partial charge in [0.05, 0.1) is 5.39 Å². The molecule has 3 rings (SSSR count). The van der Waals surface area contributed by atoms with Crippen LogP contribution in [0, 0.1) is 5.82 Å². The van der Waals surface area contributed by atoms with E-state index in [2.05, 4.69) is 28.2 Å². The van der Waals surface area contributed by atoms with Crippen molar-refractivity contribution in [2.45, 2.75) is 39.2 Å². The summed E-state index contributed by atoms with van der Waals surface area (Å²) in [6.45, 7) is 2.78. The molecule has 9 heteroatoms. The third-order valence-corrected chi connectivity index (χ3v) is 4.96. The molecular weight excluding hydrogens is 413 g/mol. The number of aryl methyl sites for hydroxylation is 1. The van der Waals surface area contributed by atoms with E-state index in [1.54, 1.807) is 36.4 Å². The molecule has 3 N–H and O–H groups in total. The lowest BCUT2D eigenvalue weighted by Crippen LogP contribution is -2.48. The van der Waals surface area contributed by atoms with E-state index >= 15 is 0 Å². The standard InChI is InChI=1S/C23H26FN5O3/c1-2-3-6-15-29-22(31)19-8-5-4-7-18(19)20(28-29)21(30)26-27-23(32)25-14-13-16-9-11-17(24)12-10-16/h4-5,7-12H,2-3,6,13-15H2,1H3,(H,26,30)(H2,25,27,32). The first-order chi connectivity index (χ1) is 15.5. The molecule has 0 aliphatic carbocycles. The van der Waals surface area contributed by atoms with Crippen LogP contribution < -0.4 is 21.7 Å². The van der Waals surface area contributed by atoms with Gasteiger partial charge in [0.25, 0.3) is 11.5 Å². The first-order valence-corrected chi connectivity index (χ1v) is 10.6. The highest BCUT2D eigenvalue weighted by Gasteiger charge is 2.17. The van der Waals surface area contributed by atoms with Crippen molar-refractivity contribution in [2.24, 2.45) is 0 Å². The van der Waals surface area contributed by atoms with Crippen molar-refractivity contribution in [2.75, 3.05) is 6.54 Å². The van der Waals surface area contributed by atoms with Crippen molar-refractivity contribution < 1.29 is 14.0 Å². The number of hydrazine groups is 1. The average Bonchev–Trinajstić information content (AvgIpc) is 2.80. The van der Waals surface area contributed by atoms with E-state index in [0.717, 1.165) is 24.8 Å². The number of nitrogens with one attached hydrogen (secondary N) is 3. The number of amides is 3. The van der Waals surface area contributed by atoms with Crippen LogP contribution in [0.1, 0.15) is 42.2 Å². The number of benzene rings is 2. The highest BCUT2D eigenvalue weighted by atomic mass is 19.1. The molecule has 32 heavy (non-hydrogen) atoms. The Morgan fingerprint density at radius 3 is 2.44 bits per heavy atom. The van der Waals surface area contributed by atoms with E-state index in [1.165, 1.54) is 16.8 Å². The van der Waals surface area contributed by atoms with Gasteiger partial charge in [-0.25, -0.2) is 19.3 Å². The Balaban J connectivity index is 1.62. The van der Waals surface area contributed by atoms with Crippen LogP contribution in [0.15, 0.2) is 53.3 Å². The molecule has 2 aromatic carbocycles. The zero-order valence-electron chi connectivity index (χ0n) is 17.9. The van der Waals surface area contributed by atoms with Crippen molar-refractivity contribution in [1.29, 1.82) is 0 Å². The lowest BCUT2D eigenvalue weighted by molar-refractivity contribution is 0.0930. The molecule has 1 aromatic heterocycles. The molecule has 0 bridgehead atoms. The number of carbonyl (C=O) groups excluding carboxylic acids is 2. The van der Waals surface area contributed by atoms with Gasteiger partial charge in [0.15, 0.2) is 5.69 Å².